The van der Waals surface area contributed by atoms with Gasteiger partial charge in [-0.1, -0.05) is 6.92 Å². The first-order valence-corrected chi connectivity index (χ1v) is 8.50. The van der Waals surface area contributed by atoms with Crippen molar-refractivity contribution in [2.24, 2.45) is 0 Å². The highest BCUT2D eigenvalue weighted by atomic mass is 16.3. The van der Waals surface area contributed by atoms with Crippen LogP contribution >= 0.6 is 0 Å². The maximum absolute atomic E-state index is 5.33. The summed E-state index contributed by atoms with van der Waals surface area (Å²) in [7, 11) is 0. The lowest BCUT2D eigenvalue weighted by Crippen LogP contribution is -2.54. The maximum Gasteiger partial charge on any atom is 0.195 e. The molecule has 1 unspecified atom stereocenters. The Kier molecular flexibility index (Phi) is 5.08. The fraction of sp³-hybridized carbons (Fsp3) is 0.556. The standard InChI is InChI=1S/C18H26N4O/c1-4-16-13-21(7-8-22(16)14(2)3)12-15-10-19-18(20-11-15)17-6-5-9-23-17/h5-6,9-11,14,16H,4,7-8,12-13H2,1-3H3. The van der Waals surface area contributed by atoms with Crippen LogP contribution in [-0.4, -0.2) is 51.5 Å². The van der Waals surface area contributed by atoms with Crippen molar-refractivity contribution in [3.8, 4) is 11.6 Å². The zero-order chi connectivity index (χ0) is 16.2. The van der Waals surface area contributed by atoms with Crippen molar-refractivity contribution in [1.82, 2.24) is 19.8 Å². The van der Waals surface area contributed by atoms with Crippen LogP contribution in [0.4, 0.5) is 0 Å². The highest BCUT2D eigenvalue weighted by molar-refractivity contribution is 5.45. The van der Waals surface area contributed by atoms with Crippen LogP contribution in [0.25, 0.3) is 11.6 Å². The molecular formula is C18H26N4O. The zero-order valence-electron chi connectivity index (χ0n) is 14.3. The molecule has 5 nitrogen and oxygen atoms in total. The lowest BCUT2D eigenvalue weighted by molar-refractivity contribution is 0.0456. The third-order valence-corrected chi connectivity index (χ3v) is 4.60. The van der Waals surface area contributed by atoms with E-state index in [1.165, 1.54) is 6.42 Å². The summed E-state index contributed by atoms with van der Waals surface area (Å²) < 4.78 is 5.33. The van der Waals surface area contributed by atoms with Gasteiger partial charge in [0.15, 0.2) is 11.6 Å². The van der Waals surface area contributed by atoms with E-state index in [4.69, 9.17) is 4.42 Å². The minimum atomic E-state index is 0.623. The van der Waals surface area contributed by atoms with Crippen molar-refractivity contribution < 1.29 is 4.42 Å². The summed E-state index contributed by atoms with van der Waals surface area (Å²) in [5.74, 6) is 1.36. The Balaban J connectivity index is 1.61. The molecule has 0 aliphatic carbocycles. The first kappa shape index (κ1) is 16.1. The largest absolute Gasteiger partial charge is 0.461 e. The van der Waals surface area contributed by atoms with Crippen LogP contribution in [0.15, 0.2) is 35.2 Å². The average Bonchev–Trinajstić information content (AvgIpc) is 3.09. The molecule has 0 radical (unpaired) electrons. The first-order chi connectivity index (χ1) is 11.2. The Morgan fingerprint density at radius 2 is 2.04 bits per heavy atom. The van der Waals surface area contributed by atoms with Gasteiger partial charge < -0.3 is 4.42 Å². The second-order valence-electron chi connectivity index (χ2n) is 6.52. The van der Waals surface area contributed by atoms with Gasteiger partial charge in [0.2, 0.25) is 0 Å². The molecule has 2 aromatic heterocycles. The van der Waals surface area contributed by atoms with E-state index in [2.05, 4.69) is 40.5 Å². The lowest BCUT2D eigenvalue weighted by Gasteiger charge is -2.43. The third-order valence-electron chi connectivity index (χ3n) is 4.60. The van der Waals surface area contributed by atoms with Crippen LogP contribution in [0.5, 0.6) is 0 Å². The van der Waals surface area contributed by atoms with Crippen LogP contribution in [0.2, 0.25) is 0 Å². The van der Waals surface area contributed by atoms with Crippen molar-refractivity contribution in [3.63, 3.8) is 0 Å². The Hall–Kier alpha value is -1.72. The Labute approximate surface area is 138 Å². The molecule has 3 heterocycles. The topological polar surface area (TPSA) is 45.4 Å². The van der Waals surface area contributed by atoms with E-state index in [1.54, 1.807) is 6.26 Å². The second-order valence-corrected chi connectivity index (χ2v) is 6.52. The lowest BCUT2D eigenvalue weighted by atomic mass is 10.1. The van der Waals surface area contributed by atoms with Gasteiger partial charge in [-0.15, -0.1) is 0 Å². The van der Waals surface area contributed by atoms with Crippen LogP contribution in [-0.2, 0) is 6.54 Å². The number of rotatable bonds is 5. The number of aromatic nitrogens is 2. The van der Waals surface area contributed by atoms with E-state index in [0.717, 1.165) is 31.7 Å². The fourth-order valence-corrected chi connectivity index (χ4v) is 3.35. The minimum absolute atomic E-state index is 0.623. The van der Waals surface area contributed by atoms with E-state index in [1.807, 2.05) is 24.5 Å². The molecule has 0 bridgehead atoms. The number of piperazine rings is 1. The van der Waals surface area contributed by atoms with Gasteiger partial charge in [0.25, 0.3) is 0 Å². The molecule has 23 heavy (non-hydrogen) atoms. The van der Waals surface area contributed by atoms with Crippen LogP contribution in [0.3, 0.4) is 0 Å². The molecule has 1 aliphatic rings. The van der Waals surface area contributed by atoms with Crippen LogP contribution in [0, 0.1) is 0 Å². The van der Waals surface area contributed by atoms with Gasteiger partial charge >= 0.3 is 0 Å². The van der Waals surface area contributed by atoms with Gasteiger partial charge in [-0.2, -0.15) is 0 Å². The highest BCUT2D eigenvalue weighted by Gasteiger charge is 2.27. The minimum Gasteiger partial charge on any atom is -0.461 e. The van der Waals surface area contributed by atoms with Crippen LogP contribution < -0.4 is 0 Å². The second kappa shape index (κ2) is 7.23. The SMILES string of the molecule is CCC1CN(Cc2cnc(-c3ccco3)nc2)CCN1C(C)C. The van der Waals surface area contributed by atoms with Crippen molar-refractivity contribution in [3.05, 3.63) is 36.4 Å². The summed E-state index contributed by atoms with van der Waals surface area (Å²) in [4.78, 5) is 14.0. The number of furan rings is 1. The summed E-state index contributed by atoms with van der Waals surface area (Å²) in [6.07, 6.45) is 6.68. The molecule has 0 spiro atoms. The zero-order valence-corrected chi connectivity index (χ0v) is 14.3. The molecule has 0 saturated carbocycles. The molecule has 1 aliphatic heterocycles. The predicted octanol–water partition coefficient (Wildman–Crippen LogP) is 3.04. The predicted molar refractivity (Wildman–Crippen MR) is 90.9 cm³/mol. The van der Waals surface area contributed by atoms with Gasteiger partial charge in [0, 0.05) is 56.2 Å². The molecule has 0 aromatic carbocycles. The molecule has 1 atom stereocenters. The number of nitrogens with zero attached hydrogens (tertiary/aromatic N) is 4. The molecule has 5 heteroatoms. The third kappa shape index (κ3) is 3.79. The van der Waals surface area contributed by atoms with Gasteiger partial charge in [-0.05, 0) is 32.4 Å². The molecule has 124 valence electrons. The summed E-state index contributed by atoms with van der Waals surface area (Å²) in [6.45, 7) is 11.1. The molecule has 0 N–H and O–H groups in total. The van der Waals surface area contributed by atoms with E-state index < -0.39 is 0 Å². The summed E-state index contributed by atoms with van der Waals surface area (Å²) in [5, 5.41) is 0. The Morgan fingerprint density at radius 3 is 2.65 bits per heavy atom. The molecule has 0 amide bonds. The molecule has 1 fully saturated rings. The molecule has 3 rings (SSSR count). The normalized spacial score (nSPS) is 20.3. The molecular weight excluding hydrogens is 288 g/mol. The van der Waals surface area contributed by atoms with E-state index >= 15 is 0 Å². The molecule has 1 saturated heterocycles. The van der Waals surface area contributed by atoms with Crippen molar-refractivity contribution in [2.45, 2.75) is 45.8 Å². The smallest absolute Gasteiger partial charge is 0.195 e. The molecule has 2 aromatic rings. The number of hydrogen-bond donors (Lipinski definition) is 0. The maximum atomic E-state index is 5.33. The van der Waals surface area contributed by atoms with Gasteiger partial charge in [0.1, 0.15) is 0 Å². The fourth-order valence-electron chi connectivity index (χ4n) is 3.35. The quantitative estimate of drug-likeness (QED) is 0.849. The van der Waals surface area contributed by atoms with Gasteiger partial charge in [0.05, 0.1) is 6.26 Å². The van der Waals surface area contributed by atoms with E-state index in [-0.39, 0.29) is 0 Å². The van der Waals surface area contributed by atoms with Crippen molar-refractivity contribution in [1.29, 1.82) is 0 Å². The number of hydrogen-bond acceptors (Lipinski definition) is 5. The van der Waals surface area contributed by atoms with E-state index in [9.17, 15) is 0 Å². The monoisotopic (exact) mass is 314 g/mol. The Morgan fingerprint density at radius 1 is 1.26 bits per heavy atom. The van der Waals surface area contributed by atoms with Gasteiger partial charge in [-0.25, -0.2) is 9.97 Å². The van der Waals surface area contributed by atoms with Crippen LogP contribution in [0.1, 0.15) is 32.8 Å². The van der Waals surface area contributed by atoms with Crippen molar-refractivity contribution >= 4 is 0 Å². The highest BCUT2D eigenvalue weighted by Crippen LogP contribution is 2.18. The van der Waals surface area contributed by atoms with Crippen molar-refractivity contribution in [2.75, 3.05) is 19.6 Å². The first-order valence-electron chi connectivity index (χ1n) is 8.50. The summed E-state index contributed by atoms with van der Waals surface area (Å²) >= 11 is 0. The Bertz CT molecular complexity index is 594. The summed E-state index contributed by atoms with van der Waals surface area (Å²) in [6, 6.07) is 5.00. The summed E-state index contributed by atoms with van der Waals surface area (Å²) in [5.41, 5.74) is 1.16. The van der Waals surface area contributed by atoms with Gasteiger partial charge in [-0.3, -0.25) is 9.80 Å². The average molecular weight is 314 g/mol. The van der Waals surface area contributed by atoms with E-state index in [0.29, 0.717) is 23.7 Å².